The van der Waals surface area contributed by atoms with Crippen molar-refractivity contribution in [3.63, 3.8) is 0 Å². The van der Waals surface area contributed by atoms with Crippen molar-refractivity contribution in [1.82, 2.24) is 4.72 Å². The Morgan fingerprint density at radius 2 is 1.71 bits per heavy atom. The van der Waals surface area contributed by atoms with Gasteiger partial charge in [-0.25, -0.2) is 13.1 Å². The SMILES string of the molecule is CS(=O)(=O)NC1(/C(N)=N/O)CCCCCCC1. The number of hydrogen-bond acceptors (Lipinski definition) is 4. The average molecular weight is 263 g/mol. The molecule has 0 spiro atoms. The molecule has 0 aromatic heterocycles. The highest BCUT2D eigenvalue weighted by atomic mass is 32.2. The Kier molecular flexibility index (Phi) is 4.76. The van der Waals surface area contributed by atoms with Gasteiger partial charge in [-0.15, -0.1) is 0 Å². The van der Waals surface area contributed by atoms with Crippen molar-refractivity contribution in [1.29, 1.82) is 0 Å². The minimum Gasteiger partial charge on any atom is -0.409 e. The molecule has 0 heterocycles. The summed E-state index contributed by atoms with van der Waals surface area (Å²) < 4.78 is 25.4. The molecule has 0 amide bonds. The third kappa shape index (κ3) is 4.16. The molecule has 6 nitrogen and oxygen atoms in total. The Balaban J connectivity index is 2.97. The van der Waals surface area contributed by atoms with Crippen LogP contribution in [0.2, 0.25) is 0 Å². The number of nitrogens with two attached hydrogens (primary N) is 1. The van der Waals surface area contributed by atoms with Crippen molar-refractivity contribution in [2.75, 3.05) is 6.26 Å². The molecule has 0 aromatic rings. The first kappa shape index (κ1) is 14.2. The molecule has 1 aliphatic carbocycles. The summed E-state index contributed by atoms with van der Waals surface area (Å²) in [6, 6.07) is 0. The lowest BCUT2D eigenvalue weighted by Gasteiger charge is -2.34. The van der Waals surface area contributed by atoms with E-state index in [1.807, 2.05) is 0 Å². The maximum atomic E-state index is 11.4. The zero-order chi connectivity index (χ0) is 12.9. The summed E-state index contributed by atoms with van der Waals surface area (Å²) in [6.07, 6.45) is 7.25. The molecule has 0 saturated heterocycles. The molecule has 0 atom stereocenters. The maximum Gasteiger partial charge on any atom is 0.209 e. The molecule has 1 fully saturated rings. The van der Waals surface area contributed by atoms with Gasteiger partial charge in [-0.1, -0.05) is 37.3 Å². The van der Waals surface area contributed by atoms with E-state index in [1.54, 1.807) is 0 Å². The fourth-order valence-corrected chi connectivity index (χ4v) is 3.39. The van der Waals surface area contributed by atoms with E-state index in [4.69, 9.17) is 10.9 Å². The summed E-state index contributed by atoms with van der Waals surface area (Å²) in [5, 5.41) is 11.8. The molecule has 0 aromatic carbocycles. The zero-order valence-corrected chi connectivity index (χ0v) is 11.0. The predicted molar refractivity (Wildman–Crippen MR) is 66.4 cm³/mol. The molecule has 0 aliphatic heterocycles. The fraction of sp³-hybridized carbons (Fsp3) is 0.900. The van der Waals surface area contributed by atoms with Gasteiger partial charge in [0, 0.05) is 0 Å². The van der Waals surface area contributed by atoms with Crippen LogP contribution in [0, 0.1) is 0 Å². The number of oxime groups is 1. The van der Waals surface area contributed by atoms with Crippen LogP contribution in [-0.4, -0.2) is 31.3 Å². The molecule has 0 radical (unpaired) electrons. The van der Waals surface area contributed by atoms with Crippen LogP contribution in [-0.2, 0) is 10.0 Å². The van der Waals surface area contributed by atoms with Gasteiger partial charge in [0.2, 0.25) is 10.0 Å². The second-order valence-electron chi connectivity index (χ2n) is 4.71. The first-order chi connectivity index (χ1) is 7.90. The lowest BCUT2D eigenvalue weighted by Crippen LogP contribution is -2.57. The Bertz CT molecular complexity index is 370. The van der Waals surface area contributed by atoms with Gasteiger partial charge in [-0.05, 0) is 12.8 Å². The van der Waals surface area contributed by atoms with E-state index >= 15 is 0 Å². The average Bonchev–Trinajstić information content (AvgIpc) is 2.19. The Morgan fingerprint density at radius 3 is 2.12 bits per heavy atom. The number of nitrogens with zero attached hydrogens (tertiary/aromatic N) is 1. The number of rotatable bonds is 3. The summed E-state index contributed by atoms with van der Waals surface area (Å²) in [6.45, 7) is 0. The second kappa shape index (κ2) is 5.68. The van der Waals surface area contributed by atoms with E-state index in [9.17, 15) is 8.42 Å². The number of nitrogens with one attached hydrogen (secondary N) is 1. The number of sulfonamides is 1. The van der Waals surface area contributed by atoms with Crippen molar-refractivity contribution >= 4 is 15.9 Å². The van der Waals surface area contributed by atoms with Gasteiger partial charge in [-0.2, -0.15) is 0 Å². The maximum absolute atomic E-state index is 11.4. The van der Waals surface area contributed by atoms with Gasteiger partial charge < -0.3 is 10.9 Å². The van der Waals surface area contributed by atoms with Crippen LogP contribution >= 0.6 is 0 Å². The molecule has 100 valence electrons. The molecule has 4 N–H and O–H groups in total. The molecular formula is C10H21N3O3S. The van der Waals surface area contributed by atoms with Gasteiger partial charge in [0.15, 0.2) is 5.84 Å². The van der Waals surface area contributed by atoms with Crippen molar-refractivity contribution in [2.24, 2.45) is 10.9 Å². The Morgan fingerprint density at radius 1 is 1.24 bits per heavy atom. The molecule has 17 heavy (non-hydrogen) atoms. The third-order valence-electron chi connectivity index (χ3n) is 3.19. The van der Waals surface area contributed by atoms with Gasteiger partial charge in [-0.3, -0.25) is 0 Å². The highest BCUT2D eigenvalue weighted by molar-refractivity contribution is 7.88. The topological polar surface area (TPSA) is 105 Å². The van der Waals surface area contributed by atoms with Crippen molar-refractivity contribution in [3.05, 3.63) is 0 Å². The van der Waals surface area contributed by atoms with Crippen LogP contribution in [0.4, 0.5) is 0 Å². The third-order valence-corrected chi connectivity index (χ3v) is 3.95. The molecule has 1 saturated carbocycles. The van der Waals surface area contributed by atoms with Crippen molar-refractivity contribution < 1.29 is 13.6 Å². The smallest absolute Gasteiger partial charge is 0.209 e. The normalized spacial score (nSPS) is 22.8. The Hall–Kier alpha value is -0.820. The van der Waals surface area contributed by atoms with Crippen LogP contribution in [0.25, 0.3) is 0 Å². The molecule has 7 heteroatoms. The summed E-state index contributed by atoms with van der Waals surface area (Å²) in [4.78, 5) is 0. The number of hydrogen-bond donors (Lipinski definition) is 3. The van der Waals surface area contributed by atoms with Gasteiger partial charge >= 0.3 is 0 Å². The fourth-order valence-electron chi connectivity index (χ4n) is 2.37. The summed E-state index contributed by atoms with van der Waals surface area (Å²) in [5.74, 6) is -0.0372. The highest BCUT2D eigenvalue weighted by Gasteiger charge is 2.37. The van der Waals surface area contributed by atoms with Crippen LogP contribution in [0.3, 0.4) is 0 Å². The lowest BCUT2D eigenvalue weighted by atomic mass is 9.84. The van der Waals surface area contributed by atoms with Gasteiger partial charge in [0.1, 0.15) is 0 Å². The number of amidine groups is 1. The molecule has 1 aliphatic rings. The van der Waals surface area contributed by atoms with E-state index in [2.05, 4.69) is 9.88 Å². The lowest BCUT2D eigenvalue weighted by molar-refractivity contribution is 0.299. The minimum atomic E-state index is -3.39. The monoisotopic (exact) mass is 263 g/mol. The standard InChI is InChI=1S/C10H21N3O3S/c1-17(15,16)13-10(9(11)12-14)7-5-3-2-4-6-8-10/h13-14H,2-8H2,1H3,(H2,11,12). The predicted octanol–water partition coefficient (Wildman–Crippen LogP) is 0.765. The molecule has 0 unspecified atom stereocenters. The largest absolute Gasteiger partial charge is 0.409 e. The molecular weight excluding hydrogens is 242 g/mol. The first-order valence-corrected chi connectivity index (χ1v) is 7.76. The van der Waals surface area contributed by atoms with E-state index in [1.165, 1.54) is 0 Å². The summed E-state index contributed by atoms with van der Waals surface area (Å²) in [5.41, 5.74) is 4.77. The van der Waals surface area contributed by atoms with E-state index in [-0.39, 0.29) is 5.84 Å². The molecule has 1 rings (SSSR count). The highest BCUT2D eigenvalue weighted by Crippen LogP contribution is 2.27. The summed E-state index contributed by atoms with van der Waals surface area (Å²) in [7, 11) is -3.39. The van der Waals surface area contributed by atoms with Crippen LogP contribution in [0.5, 0.6) is 0 Å². The first-order valence-electron chi connectivity index (χ1n) is 5.87. The van der Waals surface area contributed by atoms with Crippen LogP contribution in [0.15, 0.2) is 5.16 Å². The van der Waals surface area contributed by atoms with Crippen molar-refractivity contribution in [2.45, 2.75) is 50.5 Å². The zero-order valence-electron chi connectivity index (χ0n) is 10.1. The van der Waals surface area contributed by atoms with E-state index in [0.29, 0.717) is 12.8 Å². The minimum absolute atomic E-state index is 0.0372. The Labute approximate surface area is 102 Å². The van der Waals surface area contributed by atoms with Crippen LogP contribution < -0.4 is 10.5 Å². The second-order valence-corrected chi connectivity index (χ2v) is 6.46. The van der Waals surface area contributed by atoms with Gasteiger partial charge in [0.05, 0.1) is 11.8 Å². The van der Waals surface area contributed by atoms with E-state index < -0.39 is 15.6 Å². The summed E-state index contributed by atoms with van der Waals surface area (Å²) >= 11 is 0. The van der Waals surface area contributed by atoms with Crippen molar-refractivity contribution in [3.8, 4) is 0 Å². The molecule has 0 bridgehead atoms. The van der Waals surface area contributed by atoms with Gasteiger partial charge in [0.25, 0.3) is 0 Å². The van der Waals surface area contributed by atoms with Crippen LogP contribution in [0.1, 0.15) is 44.9 Å². The quantitative estimate of drug-likeness (QED) is 0.302. The van der Waals surface area contributed by atoms with E-state index in [0.717, 1.165) is 38.4 Å².